The lowest BCUT2D eigenvalue weighted by atomic mass is 10.2. The zero-order valence-electron chi connectivity index (χ0n) is 19.1. The van der Waals surface area contributed by atoms with Crippen molar-refractivity contribution < 1.29 is 9.32 Å². The first kappa shape index (κ1) is 23.3. The molecule has 0 bridgehead atoms. The number of hydrogen-bond donors (Lipinski definition) is 1. The Kier molecular flexibility index (Phi) is 7.86. The molecule has 0 radical (unpaired) electrons. The minimum atomic E-state index is 0.170. The Labute approximate surface area is 199 Å². The van der Waals surface area contributed by atoms with Gasteiger partial charge in [0.25, 0.3) is 0 Å². The predicted molar refractivity (Wildman–Crippen MR) is 133 cm³/mol. The van der Waals surface area contributed by atoms with Crippen molar-refractivity contribution in [2.75, 3.05) is 32.7 Å². The van der Waals surface area contributed by atoms with Crippen molar-refractivity contribution in [1.29, 1.82) is 0 Å². The molecule has 3 aliphatic rings. The summed E-state index contributed by atoms with van der Waals surface area (Å²) in [5.74, 6) is 1.72. The second-order valence-electron chi connectivity index (χ2n) is 8.29. The smallest absolute Gasteiger partial charge is 0.250 e. The number of nitrogens with one attached hydrogen (secondary N) is 1. The van der Waals surface area contributed by atoms with E-state index in [1.165, 1.54) is 10.6 Å². The van der Waals surface area contributed by atoms with Gasteiger partial charge in [-0.2, -0.15) is 0 Å². The molecule has 3 heterocycles. The van der Waals surface area contributed by atoms with Gasteiger partial charge in [0, 0.05) is 60.7 Å². The van der Waals surface area contributed by atoms with Crippen molar-refractivity contribution >= 4 is 29.4 Å². The maximum absolute atomic E-state index is 13.1. The molecule has 6 nitrogen and oxygen atoms in total. The molecular weight excluding hydrogens is 440 g/mol. The summed E-state index contributed by atoms with van der Waals surface area (Å²) in [6, 6.07) is 1.95. The maximum Gasteiger partial charge on any atom is 0.250 e. The van der Waals surface area contributed by atoms with Crippen LogP contribution in [0.1, 0.15) is 38.1 Å². The minimum absolute atomic E-state index is 0.170. The molecule has 1 aromatic heterocycles. The van der Waals surface area contributed by atoms with E-state index in [4.69, 9.17) is 4.52 Å². The van der Waals surface area contributed by atoms with E-state index in [9.17, 15) is 4.79 Å². The number of piperazine rings is 1. The van der Waals surface area contributed by atoms with E-state index in [0.717, 1.165) is 73.3 Å². The highest BCUT2D eigenvalue weighted by Crippen LogP contribution is 2.35. The normalized spacial score (nSPS) is 22.0. The monoisotopic (exact) mass is 472 g/mol. The van der Waals surface area contributed by atoms with Crippen molar-refractivity contribution in [1.82, 2.24) is 20.3 Å². The molecule has 32 heavy (non-hydrogen) atoms. The highest BCUT2D eigenvalue weighted by molar-refractivity contribution is 8.04. The number of carbonyl (C=O) groups is 1. The predicted octanol–water partition coefficient (Wildman–Crippen LogP) is 4.43. The summed E-state index contributed by atoms with van der Waals surface area (Å²) in [5.41, 5.74) is 3.06. The number of thioether (sulfide) groups is 2. The molecule has 0 saturated carbocycles. The van der Waals surface area contributed by atoms with Gasteiger partial charge in [-0.3, -0.25) is 9.69 Å². The molecule has 1 aliphatic carbocycles. The van der Waals surface area contributed by atoms with Crippen LogP contribution in [0.25, 0.3) is 0 Å². The van der Waals surface area contributed by atoms with Gasteiger partial charge < -0.3 is 14.7 Å². The van der Waals surface area contributed by atoms with E-state index in [-0.39, 0.29) is 5.91 Å². The Morgan fingerprint density at radius 3 is 2.84 bits per heavy atom. The van der Waals surface area contributed by atoms with Crippen LogP contribution in [0, 0.1) is 6.92 Å². The molecule has 2 aliphatic heterocycles. The topological polar surface area (TPSA) is 61.6 Å². The van der Waals surface area contributed by atoms with Gasteiger partial charge in [-0.25, -0.2) is 0 Å². The van der Waals surface area contributed by atoms with Crippen LogP contribution >= 0.6 is 23.5 Å². The van der Waals surface area contributed by atoms with E-state index in [2.05, 4.69) is 46.6 Å². The Morgan fingerprint density at radius 1 is 1.31 bits per heavy atom. The van der Waals surface area contributed by atoms with E-state index in [0.29, 0.717) is 5.37 Å². The summed E-state index contributed by atoms with van der Waals surface area (Å²) in [5, 5.41) is 8.11. The summed E-state index contributed by atoms with van der Waals surface area (Å²) in [6.45, 7) is 10.4. The second kappa shape index (κ2) is 10.8. The fourth-order valence-electron chi connectivity index (χ4n) is 4.15. The highest BCUT2D eigenvalue weighted by Gasteiger charge is 2.28. The van der Waals surface area contributed by atoms with Crippen molar-refractivity contribution in [2.45, 2.75) is 44.7 Å². The molecule has 4 rings (SSSR count). The molecular formula is C24H32N4O2S2. The van der Waals surface area contributed by atoms with Crippen molar-refractivity contribution in [3.05, 3.63) is 62.9 Å². The maximum atomic E-state index is 13.1. The number of aryl methyl sites for hydroxylation is 1. The van der Waals surface area contributed by atoms with Crippen LogP contribution in [0.3, 0.4) is 0 Å². The molecule has 1 unspecified atom stereocenters. The number of rotatable bonds is 7. The lowest BCUT2D eigenvalue weighted by Gasteiger charge is -2.36. The Morgan fingerprint density at radius 2 is 2.12 bits per heavy atom. The zero-order valence-corrected chi connectivity index (χ0v) is 20.7. The number of aromatic nitrogens is 1. The third kappa shape index (κ3) is 5.71. The van der Waals surface area contributed by atoms with Crippen molar-refractivity contribution in [3.63, 3.8) is 0 Å². The van der Waals surface area contributed by atoms with Crippen LogP contribution in [-0.4, -0.2) is 59.0 Å². The van der Waals surface area contributed by atoms with Crippen molar-refractivity contribution in [3.8, 4) is 0 Å². The van der Waals surface area contributed by atoms with Gasteiger partial charge in [0.15, 0.2) is 0 Å². The van der Waals surface area contributed by atoms with Crippen LogP contribution < -0.4 is 5.32 Å². The number of nitrogens with zero attached hydrogens (tertiary/aromatic N) is 3. The Bertz CT molecular complexity index is 955. The number of amides is 1. The third-order valence-electron chi connectivity index (χ3n) is 5.93. The van der Waals surface area contributed by atoms with Crippen LogP contribution in [0.4, 0.5) is 0 Å². The molecule has 1 aromatic rings. The fourth-order valence-corrected chi connectivity index (χ4v) is 6.38. The summed E-state index contributed by atoms with van der Waals surface area (Å²) in [4.78, 5) is 20.2. The number of allylic oxidation sites excluding steroid dienone is 6. The average Bonchev–Trinajstić information content (AvgIpc) is 3.32. The second-order valence-corrected chi connectivity index (χ2v) is 10.7. The standard InChI is InChI=1S/C24H32N4O2S2/c1-4-21(31-16-19-14-17(2)30-26-19)18(3)24(29)28-12-10-27(11-13-28)15-23-25-20-8-6-5-7-9-22(20)32-23/h5-8,14,23,25H,4,9-13,15-16H2,1-3H3/b21-18-. The van der Waals surface area contributed by atoms with Gasteiger partial charge in [-0.1, -0.05) is 30.3 Å². The van der Waals surface area contributed by atoms with Crippen LogP contribution in [0.2, 0.25) is 0 Å². The zero-order chi connectivity index (χ0) is 22.5. The van der Waals surface area contributed by atoms with Gasteiger partial charge in [0.05, 0.1) is 11.1 Å². The van der Waals surface area contributed by atoms with Gasteiger partial charge in [-0.15, -0.1) is 23.5 Å². The SMILES string of the molecule is CC/C(SCc1cc(C)on1)=C(\C)C(=O)N1CCN(CC2NC3=C(CC=CC=C3)S2)CC1. The van der Waals surface area contributed by atoms with Gasteiger partial charge in [0.2, 0.25) is 5.91 Å². The molecule has 1 amide bonds. The van der Waals surface area contributed by atoms with Crippen LogP contribution in [0.5, 0.6) is 0 Å². The first-order valence-electron chi connectivity index (χ1n) is 11.3. The molecule has 1 saturated heterocycles. The lowest BCUT2D eigenvalue weighted by molar-refractivity contribution is -0.128. The molecule has 0 spiro atoms. The van der Waals surface area contributed by atoms with Crippen molar-refractivity contribution in [2.24, 2.45) is 0 Å². The average molecular weight is 473 g/mol. The van der Waals surface area contributed by atoms with E-state index < -0.39 is 0 Å². The summed E-state index contributed by atoms with van der Waals surface area (Å²) >= 11 is 3.64. The van der Waals surface area contributed by atoms with E-state index in [1.54, 1.807) is 11.8 Å². The van der Waals surface area contributed by atoms with Gasteiger partial charge in [0.1, 0.15) is 5.76 Å². The quantitative estimate of drug-likeness (QED) is 0.589. The van der Waals surface area contributed by atoms with Gasteiger partial charge >= 0.3 is 0 Å². The van der Waals surface area contributed by atoms with E-state index in [1.807, 2.05) is 36.6 Å². The third-order valence-corrected chi connectivity index (χ3v) is 8.54. The Hall–Kier alpha value is -1.90. The molecule has 8 heteroatoms. The molecule has 172 valence electrons. The minimum Gasteiger partial charge on any atom is -0.371 e. The Balaban J connectivity index is 1.25. The van der Waals surface area contributed by atoms with Crippen LogP contribution in [0.15, 0.2) is 56.0 Å². The molecule has 1 atom stereocenters. The fraction of sp³-hybridized carbons (Fsp3) is 0.500. The first-order chi connectivity index (χ1) is 15.5. The number of hydrogen-bond acceptors (Lipinski definition) is 7. The molecule has 0 aromatic carbocycles. The largest absolute Gasteiger partial charge is 0.371 e. The number of carbonyl (C=O) groups excluding carboxylic acids is 1. The summed E-state index contributed by atoms with van der Waals surface area (Å²) < 4.78 is 5.15. The van der Waals surface area contributed by atoms with Crippen LogP contribution in [-0.2, 0) is 10.5 Å². The highest BCUT2D eigenvalue weighted by atomic mass is 32.2. The van der Waals surface area contributed by atoms with E-state index >= 15 is 0 Å². The summed E-state index contributed by atoms with van der Waals surface area (Å²) in [7, 11) is 0. The lowest BCUT2D eigenvalue weighted by Crippen LogP contribution is -2.51. The molecule has 1 N–H and O–H groups in total. The van der Waals surface area contributed by atoms with Gasteiger partial charge in [-0.05, 0) is 37.7 Å². The first-order valence-corrected chi connectivity index (χ1v) is 13.2. The molecule has 1 fully saturated rings. The summed E-state index contributed by atoms with van der Waals surface area (Å²) in [6.07, 6.45) is 10.5.